The first-order valence-corrected chi connectivity index (χ1v) is 8.22. The van der Waals surface area contributed by atoms with Crippen molar-refractivity contribution in [1.29, 1.82) is 0 Å². The summed E-state index contributed by atoms with van der Waals surface area (Å²) >= 11 is 0. The summed E-state index contributed by atoms with van der Waals surface area (Å²) < 4.78 is 27.6. The van der Waals surface area contributed by atoms with Crippen molar-refractivity contribution in [2.45, 2.75) is 23.8 Å². The van der Waals surface area contributed by atoms with E-state index in [1.54, 1.807) is 30.5 Å². The van der Waals surface area contributed by atoms with E-state index in [0.29, 0.717) is 22.3 Å². The molecule has 1 unspecified atom stereocenters. The Morgan fingerprint density at radius 1 is 1.30 bits per heavy atom. The predicted molar refractivity (Wildman–Crippen MR) is 78.0 cm³/mol. The lowest BCUT2D eigenvalue weighted by Gasteiger charge is -2.13. The maximum atomic E-state index is 12.4. The Balaban J connectivity index is 1.88. The molecule has 1 aliphatic rings. The van der Waals surface area contributed by atoms with Gasteiger partial charge in [-0.3, -0.25) is 4.98 Å². The van der Waals surface area contributed by atoms with Crippen LogP contribution in [-0.2, 0) is 10.0 Å². The van der Waals surface area contributed by atoms with Crippen LogP contribution in [0.5, 0.6) is 0 Å². The zero-order chi connectivity index (χ0) is 14.0. The zero-order valence-corrected chi connectivity index (χ0v) is 11.9. The fourth-order valence-electron chi connectivity index (χ4n) is 2.53. The van der Waals surface area contributed by atoms with Crippen LogP contribution in [-0.4, -0.2) is 32.5 Å². The van der Waals surface area contributed by atoms with Gasteiger partial charge in [0.1, 0.15) is 0 Å². The van der Waals surface area contributed by atoms with Crippen LogP contribution in [0.4, 0.5) is 0 Å². The van der Waals surface area contributed by atoms with Crippen molar-refractivity contribution in [1.82, 2.24) is 15.0 Å². The minimum absolute atomic E-state index is 0.234. The molecule has 2 N–H and O–H groups in total. The van der Waals surface area contributed by atoms with Crippen molar-refractivity contribution in [3.63, 3.8) is 0 Å². The van der Waals surface area contributed by atoms with Gasteiger partial charge < -0.3 is 5.32 Å². The molecular weight excluding hydrogens is 274 g/mol. The highest BCUT2D eigenvalue weighted by Gasteiger charge is 2.20. The van der Waals surface area contributed by atoms with Gasteiger partial charge in [-0.1, -0.05) is 6.07 Å². The number of hydrogen-bond acceptors (Lipinski definition) is 4. The Bertz CT molecular complexity index is 704. The smallest absolute Gasteiger partial charge is 0.241 e. The van der Waals surface area contributed by atoms with Gasteiger partial charge in [-0.25, -0.2) is 13.1 Å². The maximum absolute atomic E-state index is 12.4. The Morgan fingerprint density at radius 3 is 3.00 bits per heavy atom. The van der Waals surface area contributed by atoms with Crippen molar-refractivity contribution in [2.24, 2.45) is 0 Å². The molecule has 0 spiro atoms. The number of pyridine rings is 1. The van der Waals surface area contributed by atoms with Crippen LogP contribution in [0.3, 0.4) is 0 Å². The van der Waals surface area contributed by atoms with Gasteiger partial charge in [0.25, 0.3) is 0 Å². The summed E-state index contributed by atoms with van der Waals surface area (Å²) in [5, 5.41) is 3.93. The van der Waals surface area contributed by atoms with Crippen molar-refractivity contribution in [3.05, 3.63) is 36.5 Å². The number of aromatic nitrogens is 1. The van der Waals surface area contributed by atoms with E-state index in [9.17, 15) is 8.42 Å². The second kappa shape index (κ2) is 5.47. The molecule has 3 rings (SSSR count). The molecule has 1 aromatic heterocycles. The van der Waals surface area contributed by atoms with Gasteiger partial charge in [0.2, 0.25) is 10.0 Å². The Kier molecular flexibility index (Phi) is 3.69. The SMILES string of the molecule is O=S(=O)(NCC1CCCN1)c1cccc2ncccc12. The standard InChI is InChI=1S/C14H17N3O2S/c18-20(19,17-10-11-4-2-8-15-11)14-7-1-6-13-12(14)5-3-9-16-13/h1,3,5-7,9,11,15,17H,2,4,8,10H2. The molecular formula is C14H17N3O2S. The van der Waals surface area contributed by atoms with Gasteiger partial charge in [0.15, 0.2) is 0 Å². The summed E-state index contributed by atoms with van der Waals surface area (Å²) in [4.78, 5) is 4.48. The Labute approximate surface area is 118 Å². The molecule has 1 aliphatic heterocycles. The second-order valence-corrected chi connectivity index (χ2v) is 6.71. The van der Waals surface area contributed by atoms with E-state index < -0.39 is 10.0 Å². The summed E-state index contributed by atoms with van der Waals surface area (Å²) in [6.07, 6.45) is 3.78. The molecule has 0 radical (unpaired) electrons. The number of nitrogens with one attached hydrogen (secondary N) is 2. The average Bonchev–Trinajstić information content (AvgIpc) is 2.98. The Hall–Kier alpha value is -1.50. The first kappa shape index (κ1) is 13.5. The predicted octanol–water partition coefficient (Wildman–Crippen LogP) is 1.27. The maximum Gasteiger partial charge on any atom is 0.241 e. The van der Waals surface area contributed by atoms with Crippen LogP contribution in [0, 0.1) is 0 Å². The van der Waals surface area contributed by atoms with E-state index in [-0.39, 0.29) is 6.04 Å². The molecule has 106 valence electrons. The molecule has 2 heterocycles. The normalized spacial score (nSPS) is 19.5. The molecule has 6 heteroatoms. The Morgan fingerprint density at radius 2 is 2.20 bits per heavy atom. The summed E-state index contributed by atoms with van der Waals surface area (Å²) in [7, 11) is -3.50. The van der Waals surface area contributed by atoms with E-state index in [0.717, 1.165) is 19.4 Å². The van der Waals surface area contributed by atoms with E-state index in [1.807, 2.05) is 6.07 Å². The van der Waals surface area contributed by atoms with Crippen molar-refractivity contribution < 1.29 is 8.42 Å². The third-order valence-electron chi connectivity index (χ3n) is 3.58. The number of benzene rings is 1. The number of sulfonamides is 1. The third kappa shape index (κ3) is 2.67. The topological polar surface area (TPSA) is 71.1 Å². The average molecular weight is 291 g/mol. The minimum Gasteiger partial charge on any atom is -0.313 e. The molecule has 0 bridgehead atoms. The van der Waals surface area contributed by atoms with Crippen LogP contribution >= 0.6 is 0 Å². The van der Waals surface area contributed by atoms with Crippen LogP contribution in [0.15, 0.2) is 41.4 Å². The van der Waals surface area contributed by atoms with E-state index >= 15 is 0 Å². The fraction of sp³-hybridized carbons (Fsp3) is 0.357. The summed E-state index contributed by atoms with van der Waals surface area (Å²) in [6.45, 7) is 1.39. The number of nitrogens with zero attached hydrogens (tertiary/aromatic N) is 1. The quantitative estimate of drug-likeness (QED) is 0.890. The molecule has 1 atom stereocenters. The van der Waals surface area contributed by atoms with Crippen molar-refractivity contribution in [3.8, 4) is 0 Å². The van der Waals surface area contributed by atoms with Crippen LogP contribution < -0.4 is 10.0 Å². The summed E-state index contributed by atoms with van der Waals surface area (Å²) in [5.41, 5.74) is 0.689. The summed E-state index contributed by atoms with van der Waals surface area (Å²) in [6, 6.07) is 8.92. The molecule has 1 fully saturated rings. The molecule has 5 nitrogen and oxygen atoms in total. The third-order valence-corrected chi connectivity index (χ3v) is 5.06. The fourth-order valence-corrected chi connectivity index (χ4v) is 3.82. The molecule has 20 heavy (non-hydrogen) atoms. The van der Waals surface area contributed by atoms with Crippen LogP contribution in [0.25, 0.3) is 10.9 Å². The highest BCUT2D eigenvalue weighted by atomic mass is 32.2. The molecule has 0 amide bonds. The van der Waals surface area contributed by atoms with E-state index in [1.165, 1.54) is 0 Å². The van der Waals surface area contributed by atoms with Crippen LogP contribution in [0.2, 0.25) is 0 Å². The van der Waals surface area contributed by atoms with Gasteiger partial charge in [-0.15, -0.1) is 0 Å². The van der Waals surface area contributed by atoms with Crippen LogP contribution in [0.1, 0.15) is 12.8 Å². The second-order valence-electron chi connectivity index (χ2n) is 4.97. The van der Waals surface area contributed by atoms with E-state index in [2.05, 4.69) is 15.0 Å². The first-order chi connectivity index (χ1) is 9.67. The van der Waals surface area contributed by atoms with Gasteiger partial charge in [0.05, 0.1) is 10.4 Å². The monoisotopic (exact) mass is 291 g/mol. The molecule has 1 aromatic carbocycles. The molecule has 0 saturated carbocycles. The first-order valence-electron chi connectivity index (χ1n) is 6.74. The number of rotatable bonds is 4. The highest BCUT2D eigenvalue weighted by Crippen LogP contribution is 2.21. The van der Waals surface area contributed by atoms with Crippen molar-refractivity contribution >= 4 is 20.9 Å². The lowest BCUT2D eigenvalue weighted by atomic mass is 10.2. The highest BCUT2D eigenvalue weighted by molar-refractivity contribution is 7.89. The molecule has 0 aliphatic carbocycles. The molecule has 1 saturated heterocycles. The number of fused-ring (bicyclic) bond motifs is 1. The molecule has 2 aromatic rings. The summed E-state index contributed by atoms with van der Waals surface area (Å²) in [5.74, 6) is 0. The van der Waals surface area contributed by atoms with Crippen molar-refractivity contribution in [2.75, 3.05) is 13.1 Å². The largest absolute Gasteiger partial charge is 0.313 e. The van der Waals surface area contributed by atoms with Gasteiger partial charge in [0, 0.05) is 24.2 Å². The zero-order valence-electron chi connectivity index (χ0n) is 11.0. The minimum atomic E-state index is -3.50. The van der Waals surface area contributed by atoms with E-state index in [4.69, 9.17) is 0 Å². The van der Waals surface area contributed by atoms with Gasteiger partial charge in [-0.05, 0) is 43.7 Å². The number of hydrogen-bond donors (Lipinski definition) is 2. The van der Waals surface area contributed by atoms with Gasteiger partial charge in [-0.2, -0.15) is 0 Å². The lowest BCUT2D eigenvalue weighted by molar-refractivity contribution is 0.552. The van der Waals surface area contributed by atoms with Gasteiger partial charge >= 0.3 is 0 Å². The lowest BCUT2D eigenvalue weighted by Crippen LogP contribution is -2.37.